The third kappa shape index (κ3) is 16.8. The SMILES string of the molecule is CC(C)C1CCN(C(=O)c2cccnc2)CC1.CC(C)C1CCN(S(O)(O)c2ccc(-c3cnco3)cc2)CC1.COOSN1CCC(C(C)C)CC1.Cc1noc(C)c1S(=O)(=O)N1CCC(C(C)C)CC1. The Morgan fingerprint density at radius 2 is 1.19 bits per heavy atom. The first-order valence-electron chi connectivity index (χ1n) is 26.0. The van der Waals surface area contributed by atoms with Gasteiger partial charge in [-0.15, -0.1) is 15.1 Å². The molecule has 404 valence electrons. The predicted octanol–water partition coefficient (Wildman–Crippen LogP) is 12.2. The first-order chi connectivity index (χ1) is 34.2. The number of rotatable bonds is 13. The van der Waals surface area contributed by atoms with Gasteiger partial charge in [0.1, 0.15) is 22.8 Å². The van der Waals surface area contributed by atoms with E-state index in [2.05, 4.69) is 79.7 Å². The Hall–Kier alpha value is -3.37. The number of sulfonamides is 1. The van der Waals surface area contributed by atoms with Gasteiger partial charge in [0, 0.05) is 70.3 Å². The lowest BCUT2D eigenvalue weighted by atomic mass is 9.86. The second-order valence-electron chi connectivity index (χ2n) is 21.0. The van der Waals surface area contributed by atoms with Gasteiger partial charge in [0.2, 0.25) is 10.0 Å². The minimum Gasteiger partial charge on any atom is -0.444 e. The Morgan fingerprint density at radius 1 is 0.694 bits per heavy atom. The molecule has 16 nitrogen and oxygen atoms in total. The molecular formula is C53H85N7O9S3. The van der Waals surface area contributed by atoms with Gasteiger partial charge in [-0.05, 0) is 149 Å². The Bertz CT molecular complexity index is 2250. The van der Waals surface area contributed by atoms with E-state index in [0.29, 0.717) is 64.4 Å². The summed E-state index contributed by atoms with van der Waals surface area (Å²) in [6.45, 7) is 28.0. The minimum absolute atomic E-state index is 0.125. The Balaban J connectivity index is 0.000000182. The lowest BCUT2D eigenvalue weighted by Gasteiger charge is -2.46. The highest BCUT2D eigenvalue weighted by molar-refractivity contribution is 8.22. The van der Waals surface area contributed by atoms with Crippen LogP contribution in [0.3, 0.4) is 0 Å². The van der Waals surface area contributed by atoms with Gasteiger partial charge in [0.15, 0.2) is 17.9 Å². The molecular weight excluding hydrogens is 975 g/mol. The number of benzene rings is 1. The number of hydrogen-bond donors (Lipinski definition) is 2. The van der Waals surface area contributed by atoms with Gasteiger partial charge < -0.3 is 13.8 Å². The molecule has 0 atom stereocenters. The molecule has 4 fully saturated rings. The molecule has 7 heterocycles. The minimum atomic E-state index is -3.45. The van der Waals surface area contributed by atoms with Gasteiger partial charge in [-0.3, -0.25) is 18.9 Å². The fourth-order valence-electron chi connectivity index (χ4n) is 9.99. The molecule has 8 rings (SSSR count). The van der Waals surface area contributed by atoms with E-state index in [0.717, 1.165) is 107 Å². The third-order valence-electron chi connectivity index (χ3n) is 15.0. The maximum Gasteiger partial charge on any atom is 0.255 e. The van der Waals surface area contributed by atoms with Crippen LogP contribution in [-0.4, -0.2) is 116 Å². The highest BCUT2D eigenvalue weighted by Gasteiger charge is 2.35. The van der Waals surface area contributed by atoms with Crippen molar-refractivity contribution >= 4 is 38.9 Å². The molecule has 1 amide bonds. The lowest BCUT2D eigenvalue weighted by Crippen LogP contribution is -2.39. The number of pyridine rings is 1. The van der Waals surface area contributed by atoms with E-state index in [-0.39, 0.29) is 10.8 Å². The second kappa shape index (κ2) is 28.5. The summed E-state index contributed by atoms with van der Waals surface area (Å²) in [7, 11) is -4.83. The number of aromatic nitrogens is 3. The summed E-state index contributed by atoms with van der Waals surface area (Å²) in [5.74, 6) is 6.94. The number of carbonyl (C=O) groups is 1. The van der Waals surface area contributed by atoms with Crippen LogP contribution in [0.1, 0.15) is 129 Å². The molecule has 19 heteroatoms. The lowest BCUT2D eigenvalue weighted by molar-refractivity contribution is -0.164. The zero-order chi connectivity index (χ0) is 52.6. The number of amides is 1. The number of likely N-dealkylation sites (tertiary alicyclic amines) is 1. The molecule has 0 bridgehead atoms. The maximum atomic E-state index is 12.6. The summed E-state index contributed by atoms with van der Waals surface area (Å²) < 4.78 is 67.2. The van der Waals surface area contributed by atoms with Crippen LogP contribution in [0.25, 0.3) is 11.3 Å². The van der Waals surface area contributed by atoms with E-state index in [1.54, 1.807) is 48.9 Å². The van der Waals surface area contributed by atoms with Crippen molar-refractivity contribution in [3.8, 4) is 11.3 Å². The summed E-state index contributed by atoms with van der Waals surface area (Å²) in [5.41, 5.74) is 2.03. The Morgan fingerprint density at radius 3 is 1.62 bits per heavy atom. The highest BCUT2D eigenvalue weighted by Crippen LogP contribution is 2.53. The molecule has 4 aliphatic heterocycles. The van der Waals surface area contributed by atoms with Crippen LogP contribution in [-0.2, 0) is 19.2 Å². The number of carbonyl (C=O) groups excluding carboxylic acids is 1. The van der Waals surface area contributed by atoms with E-state index < -0.39 is 20.8 Å². The van der Waals surface area contributed by atoms with Crippen molar-refractivity contribution in [3.05, 3.63) is 78.4 Å². The van der Waals surface area contributed by atoms with Crippen molar-refractivity contribution in [1.29, 1.82) is 0 Å². The standard InChI is InChI=1S/C17H24N2O3S.C14H20N2O.C13H22N2O3S.C9H19NO2S/c1-13(2)14-7-9-19(10-8-14)23(20,21)16-5-3-15(4-6-16)17-11-18-12-22-17;1-11(2)12-5-8-16(9-6-12)14(17)13-4-3-7-15-10-13;1-9(2)12-5-7-15(8-6-12)19(16,17)13-10(3)14-18-11(13)4;1-8(2)9-4-6-10(7-5-9)13-12-11-3/h3-6,11-14,20-21H,7-10H2,1-2H3;3-4,7,10-12H,5-6,8-9H2,1-2H3;9,12H,5-8H2,1-4H3;8-9H,4-7H2,1-3H3. The van der Waals surface area contributed by atoms with Crippen molar-refractivity contribution in [2.75, 3.05) is 59.5 Å². The van der Waals surface area contributed by atoms with Crippen molar-refractivity contribution in [1.82, 2.24) is 32.9 Å². The molecule has 72 heavy (non-hydrogen) atoms. The molecule has 3 aromatic heterocycles. The van der Waals surface area contributed by atoms with Crippen LogP contribution in [0.2, 0.25) is 0 Å². The molecule has 0 unspecified atom stereocenters. The van der Waals surface area contributed by atoms with E-state index in [1.807, 2.05) is 33.5 Å². The molecule has 4 aromatic rings. The van der Waals surface area contributed by atoms with E-state index >= 15 is 0 Å². The van der Waals surface area contributed by atoms with Crippen LogP contribution < -0.4 is 0 Å². The number of hydrogen-bond acceptors (Lipinski definition) is 15. The van der Waals surface area contributed by atoms with Crippen molar-refractivity contribution < 1.29 is 40.5 Å². The zero-order valence-corrected chi connectivity index (χ0v) is 47.3. The molecule has 4 saturated heterocycles. The number of piperidine rings is 4. The highest BCUT2D eigenvalue weighted by atomic mass is 32.3. The summed E-state index contributed by atoms with van der Waals surface area (Å²) in [6, 6.07) is 10.9. The van der Waals surface area contributed by atoms with Crippen LogP contribution in [0, 0.1) is 61.2 Å². The van der Waals surface area contributed by atoms with Crippen LogP contribution in [0.15, 0.2) is 80.1 Å². The fourth-order valence-corrected chi connectivity index (χ4v) is 13.8. The molecule has 1 aromatic carbocycles. The largest absolute Gasteiger partial charge is 0.444 e. The van der Waals surface area contributed by atoms with E-state index in [1.165, 1.54) is 38.6 Å². The van der Waals surface area contributed by atoms with Crippen molar-refractivity contribution in [3.63, 3.8) is 0 Å². The zero-order valence-electron chi connectivity index (χ0n) is 44.8. The van der Waals surface area contributed by atoms with Crippen molar-refractivity contribution in [2.24, 2.45) is 47.3 Å². The topological polar surface area (TPSA) is 188 Å². The number of oxazole rings is 1. The Labute approximate surface area is 437 Å². The van der Waals surface area contributed by atoms with Crippen LogP contribution in [0.5, 0.6) is 0 Å². The molecule has 0 aliphatic carbocycles. The average Bonchev–Trinajstić information content (AvgIpc) is 4.06. The van der Waals surface area contributed by atoms with Gasteiger partial charge in [0.25, 0.3) is 5.91 Å². The van der Waals surface area contributed by atoms with Crippen LogP contribution >= 0.6 is 23.0 Å². The average molecular weight is 1060 g/mol. The molecule has 0 radical (unpaired) electrons. The number of aryl methyl sites for hydroxylation is 2. The summed E-state index contributed by atoms with van der Waals surface area (Å²) in [4.78, 5) is 27.4. The van der Waals surface area contributed by atoms with Gasteiger partial charge in [-0.1, -0.05) is 60.5 Å². The Kier molecular flexibility index (Phi) is 23.6. The molecule has 4 aliphatic rings. The van der Waals surface area contributed by atoms with Crippen LogP contribution in [0.4, 0.5) is 0 Å². The summed E-state index contributed by atoms with van der Waals surface area (Å²) >= 11 is 1.32. The van der Waals surface area contributed by atoms with Crippen molar-refractivity contribution in [2.45, 2.75) is 130 Å². The fraction of sp³-hybridized carbons (Fsp3) is 0.660. The normalized spacial score (nSPS) is 18.9. The monoisotopic (exact) mass is 1060 g/mol. The van der Waals surface area contributed by atoms with E-state index in [9.17, 15) is 22.3 Å². The second-order valence-corrected chi connectivity index (χ2v) is 25.7. The predicted molar refractivity (Wildman–Crippen MR) is 287 cm³/mol. The van der Waals surface area contributed by atoms with E-state index in [4.69, 9.17) is 13.3 Å². The molecule has 0 saturated carbocycles. The van der Waals surface area contributed by atoms with Gasteiger partial charge in [0.05, 0.1) is 23.8 Å². The quantitative estimate of drug-likeness (QED) is 0.0556. The molecule has 2 N–H and O–H groups in total. The number of nitrogens with zero attached hydrogens (tertiary/aromatic N) is 7. The molecule has 0 spiro atoms. The first-order valence-corrected chi connectivity index (χ1v) is 29.7. The maximum absolute atomic E-state index is 12.6. The smallest absolute Gasteiger partial charge is 0.255 e. The van der Waals surface area contributed by atoms with Gasteiger partial charge in [-0.2, -0.15) is 4.31 Å². The summed E-state index contributed by atoms with van der Waals surface area (Å²) in [6.07, 6.45) is 15.1. The summed E-state index contributed by atoms with van der Waals surface area (Å²) in [5, 5.41) is 3.74. The third-order valence-corrected chi connectivity index (χ3v) is 19.9. The first kappa shape index (κ1) is 59.5. The van der Waals surface area contributed by atoms with Gasteiger partial charge >= 0.3 is 0 Å². The van der Waals surface area contributed by atoms with Gasteiger partial charge in [-0.25, -0.2) is 26.9 Å².